The van der Waals surface area contributed by atoms with Gasteiger partial charge in [-0.15, -0.1) is 0 Å². The highest BCUT2D eigenvalue weighted by Crippen LogP contribution is 2.37. The highest BCUT2D eigenvalue weighted by molar-refractivity contribution is 9.10. The number of halogens is 1. The van der Waals surface area contributed by atoms with Crippen LogP contribution in [-0.2, 0) is 4.79 Å². The summed E-state index contributed by atoms with van der Waals surface area (Å²) in [5.74, 6) is 1.07. The van der Waals surface area contributed by atoms with E-state index in [4.69, 9.17) is 14.2 Å². The van der Waals surface area contributed by atoms with Crippen molar-refractivity contribution in [3.05, 3.63) is 76.3 Å². The largest absolute Gasteiger partial charge is 0.494 e. The fourth-order valence-electron chi connectivity index (χ4n) is 3.23. The molecule has 3 aromatic rings. The van der Waals surface area contributed by atoms with Crippen LogP contribution in [0.15, 0.2) is 65.1 Å². The van der Waals surface area contributed by atoms with E-state index in [-0.39, 0.29) is 18.2 Å². The number of methoxy groups -OCH3 is 2. The van der Waals surface area contributed by atoms with Crippen molar-refractivity contribution < 1.29 is 23.8 Å². The molecule has 0 aliphatic rings. The third-order valence-corrected chi connectivity index (χ3v) is 5.59. The Balaban J connectivity index is 1.61. The van der Waals surface area contributed by atoms with Crippen LogP contribution in [0.1, 0.15) is 28.8 Å². The Labute approximate surface area is 207 Å². The van der Waals surface area contributed by atoms with E-state index in [1.165, 1.54) is 14.2 Å². The molecule has 0 heterocycles. The standard InChI is InChI=1S/C26H27BrN2O5/c1-17-11-12-22(19(27)14-17)34-13-7-10-25(30)28-20-15-24(33-3)21(16-23(20)32-2)29-26(31)18-8-5-4-6-9-18/h4-6,8-9,11-12,14-16H,7,10,13H2,1-3H3,(H,28,30)(H,29,31). The summed E-state index contributed by atoms with van der Waals surface area (Å²) in [5.41, 5.74) is 2.53. The topological polar surface area (TPSA) is 85.9 Å². The van der Waals surface area contributed by atoms with Crippen LogP contribution >= 0.6 is 15.9 Å². The molecule has 0 saturated carbocycles. The van der Waals surface area contributed by atoms with Crippen LogP contribution in [0.3, 0.4) is 0 Å². The van der Waals surface area contributed by atoms with Crippen molar-refractivity contribution >= 4 is 39.1 Å². The van der Waals surface area contributed by atoms with Gasteiger partial charge >= 0.3 is 0 Å². The van der Waals surface area contributed by atoms with Crippen molar-refractivity contribution in [2.75, 3.05) is 31.5 Å². The first kappa shape index (κ1) is 25.1. The Morgan fingerprint density at radius 3 is 2.12 bits per heavy atom. The highest BCUT2D eigenvalue weighted by atomic mass is 79.9. The van der Waals surface area contributed by atoms with E-state index in [0.717, 1.165) is 15.8 Å². The third kappa shape index (κ3) is 6.74. The molecule has 2 N–H and O–H groups in total. The molecule has 3 aromatic carbocycles. The minimum atomic E-state index is -0.280. The number of hydrogen-bond donors (Lipinski definition) is 2. The van der Waals surface area contributed by atoms with Crippen LogP contribution in [0.4, 0.5) is 11.4 Å². The Morgan fingerprint density at radius 1 is 0.853 bits per heavy atom. The van der Waals surface area contributed by atoms with Gasteiger partial charge in [-0.2, -0.15) is 0 Å². The Kier molecular flexibility index (Phi) is 8.93. The number of carbonyl (C=O) groups is 2. The summed E-state index contributed by atoms with van der Waals surface area (Å²) >= 11 is 3.48. The molecule has 8 heteroatoms. The smallest absolute Gasteiger partial charge is 0.255 e. The Morgan fingerprint density at radius 2 is 1.50 bits per heavy atom. The maximum Gasteiger partial charge on any atom is 0.255 e. The van der Waals surface area contributed by atoms with Crippen molar-refractivity contribution in [2.45, 2.75) is 19.8 Å². The number of aryl methyl sites for hydroxylation is 1. The van der Waals surface area contributed by atoms with Crippen LogP contribution in [0.5, 0.6) is 17.2 Å². The van der Waals surface area contributed by atoms with Crippen molar-refractivity contribution in [2.24, 2.45) is 0 Å². The Bertz CT molecular complexity index is 1150. The summed E-state index contributed by atoms with van der Waals surface area (Å²) in [5, 5.41) is 5.67. The molecule has 34 heavy (non-hydrogen) atoms. The third-order valence-electron chi connectivity index (χ3n) is 4.97. The molecule has 0 bridgehead atoms. The van der Waals surface area contributed by atoms with Gasteiger partial charge in [0, 0.05) is 24.1 Å². The first-order valence-electron chi connectivity index (χ1n) is 10.7. The monoisotopic (exact) mass is 526 g/mol. The molecule has 2 amide bonds. The predicted molar refractivity (Wildman–Crippen MR) is 136 cm³/mol. The zero-order chi connectivity index (χ0) is 24.5. The van der Waals surface area contributed by atoms with Crippen molar-refractivity contribution in [3.63, 3.8) is 0 Å². The lowest BCUT2D eigenvalue weighted by Crippen LogP contribution is -2.15. The predicted octanol–water partition coefficient (Wildman–Crippen LogP) is 5.82. The van der Waals surface area contributed by atoms with Crippen LogP contribution in [0.2, 0.25) is 0 Å². The van der Waals surface area contributed by atoms with Gasteiger partial charge in [0.05, 0.1) is 36.7 Å². The second-order valence-electron chi connectivity index (χ2n) is 7.51. The van der Waals surface area contributed by atoms with Gasteiger partial charge in [-0.05, 0) is 59.1 Å². The summed E-state index contributed by atoms with van der Waals surface area (Å²) in [6.45, 7) is 2.41. The second-order valence-corrected chi connectivity index (χ2v) is 8.36. The van der Waals surface area contributed by atoms with Gasteiger partial charge < -0.3 is 24.8 Å². The molecular formula is C26H27BrN2O5. The van der Waals surface area contributed by atoms with E-state index in [0.29, 0.717) is 41.5 Å². The highest BCUT2D eigenvalue weighted by Gasteiger charge is 2.16. The lowest BCUT2D eigenvalue weighted by molar-refractivity contribution is -0.116. The van der Waals surface area contributed by atoms with Gasteiger partial charge in [0.1, 0.15) is 17.2 Å². The van der Waals surface area contributed by atoms with Crippen LogP contribution < -0.4 is 24.8 Å². The zero-order valence-corrected chi connectivity index (χ0v) is 20.9. The average Bonchev–Trinajstić information content (AvgIpc) is 2.84. The van der Waals surface area contributed by atoms with E-state index in [2.05, 4.69) is 26.6 Å². The molecule has 0 spiro atoms. The molecule has 0 aromatic heterocycles. The van der Waals surface area contributed by atoms with E-state index in [1.807, 2.05) is 31.2 Å². The molecule has 0 fully saturated rings. The quantitative estimate of drug-likeness (QED) is 0.325. The fourth-order valence-corrected chi connectivity index (χ4v) is 3.84. The van der Waals surface area contributed by atoms with Gasteiger partial charge in [0.15, 0.2) is 0 Å². The van der Waals surface area contributed by atoms with E-state index in [1.54, 1.807) is 36.4 Å². The summed E-state index contributed by atoms with van der Waals surface area (Å²) in [4.78, 5) is 25.0. The number of hydrogen-bond acceptors (Lipinski definition) is 5. The maximum absolute atomic E-state index is 12.5. The minimum Gasteiger partial charge on any atom is -0.494 e. The average molecular weight is 527 g/mol. The van der Waals surface area contributed by atoms with E-state index in [9.17, 15) is 9.59 Å². The van der Waals surface area contributed by atoms with Crippen LogP contribution in [0, 0.1) is 6.92 Å². The molecule has 0 aliphatic carbocycles. The molecule has 0 radical (unpaired) electrons. The lowest BCUT2D eigenvalue weighted by Gasteiger charge is -2.16. The molecular weight excluding hydrogens is 500 g/mol. The summed E-state index contributed by atoms with van der Waals surface area (Å²) in [6.07, 6.45) is 0.804. The van der Waals surface area contributed by atoms with Gasteiger partial charge in [-0.1, -0.05) is 24.3 Å². The number of carbonyl (C=O) groups excluding carboxylic acids is 2. The van der Waals surface area contributed by atoms with Crippen LogP contribution in [0.25, 0.3) is 0 Å². The number of benzene rings is 3. The molecule has 178 valence electrons. The molecule has 0 saturated heterocycles. The zero-order valence-electron chi connectivity index (χ0n) is 19.3. The molecule has 3 rings (SSSR count). The first-order valence-corrected chi connectivity index (χ1v) is 11.5. The number of nitrogens with one attached hydrogen (secondary N) is 2. The summed E-state index contributed by atoms with van der Waals surface area (Å²) in [6, 6.07) is 17.9. The number of anilines is 2. The molecule has 7 nitrogen and oxygen atoms in total. The normalized spacial score (nSPS) is 10.4. The molecule has 0 atom stereocenters. The van der Waals surface area contributed by atoms with Gasteiger partial charge in [-0.25, -0.2) is 0 Å². The van der Waals surface area contributed by atoms with Gasteiger partial charge in [0.2, 0.25) is 5.91 Å². The Hall–Kier alpha value is -3.52. The van der Waals surface area contributed by atoms with Gasteiger partial charge in [-0.3, -0.25) is 9.59 Å². The summed E-state index contributed by atoms with van der Waals surface area (Å²) in [7, 11) is 2.99. The maximum atomic E-state index is 12.5. The first-order chi connectivity index (χ1) is 16.4. The minimum absolute atomic E-state index is 0.187. The lowest BCUT2D eigenvalue weighted by atomic mass is 10.2. The van der Waals surface area contributed by atoms with Crippen molar-refractivity contribution in [1.29, 1.82) is 0 Å². The number of ether oxygens (including phenoxy) is 3. The van der Waals surface area contributed by atoms with Crippen LogP contribution in [-0.4, -0.2) is 32.6 Å². The van der Waals surface area contributed by atoms with E-state index >= 15 is 0 Å². The van der Waals surface area contributed by atoms with Gasteiger partial charge in [0.25, 0.3) is 5.91 Å². The fraction of sp³-hybridized carbons (Fsp3) is 0.231. The summed E-state index contributed by atoms with van der Waals surface area (Å²) < 4.78 is 17.5. The number of rotatable bonds is 10. The SMILES string of the molecule is COc1cc(NC(=O)c2ccccc2)c(OC)cc1NC(=O)CCCOc1ccc(C)cc1Br. The molecule has 0 unspecified atom stereocenters. The second kappa shape index (κ2) is 12.1. The number of amides is 2. The van der Waals surface area contributed by atoms with E-state index < -0.39 is 0 Å². The van der Waals surface area contributed by atoms with Crippen molar-refractivity contribution in [1.82, 2.24) is 0 Å². The molecule has 0 aliphatic heterocycles. The van der Waals surface area contributed by atoms with Crippen molar-refractivity contribution in [3.8, 4) is 17.2 Å².